The Bertz CT molecular complexity index is 561. The van der Waals surface area contributed by atoms with Crippen LogP contribution < -0.4 is 4.74 Å². The van der Waals surface area contributed by atoms with Crippen molar-refractivity contribution in [3.8, 4) is 5.75 Å². The number of ether oxygens (including phenoxy) is 1. The van der Waals surface area contributed by atoms with Gasteiger partial charge in [0.15, 0.2) is 9.84 Å². The lowest BCUT2D eigenvalue weighted by molar-refractivity contribution is -0.138. The molecule has 3 unspecified atom stereocenters. The molecule has 2 rings (SSSR count). The van der Waals surface area contributed by atoms with Crippen molar-refractivity contribution in [1.82, 2.24) is 0 Å². The van der Waals surface area contributed by atoms with Crippen molar-refractivity contribution in [3.63, 3.8) is 0 Å². The second-order valence-corrected chi connectivity index (χ2v) is 6.66. The molecule has 0 spiro atoms. The Morgan fingerprint density at radius 2 is 1.83 bits per heavy atom. The maximum absolute atomic E-state index is 11.5. The summed E-state index contributed by atoms with van der Waals surface area (Å²) in [5.41, 5.74) is 0.721. The number of carboxylic acids is 1. The third-order valence-electron chi connectivity index (χ3n) is 3.23. The molecule has 0 aromatic heterocycles. The van der Waals surface area contributed by atoms with Gasteiger partial charge in [-0.25, -0.2) is 8.42 Å². The van der Waals surface area contributed by atoms with Crippen molar-refractivity contribution in [3.05, 3.63) is 29.8 Å². The molecule has 0 bridgehead atoms. The van der Waals surface area contributed by atoms with E-state index in [1.807, 2.05) is 0 Å². The standard InChI is InChI=1S/C12H14O5S/c1-17-8-5-3-7(4-6-8)9-10(12(13)14)11(9)18(2,15)16/h3-6,9-11H,1-2H3,(H,13,14). The summed E-state index contributed by atoms with van der Waals surface area (Å²) in [7, 11) is -1.82. The highest BCUT2D eigenvalue weighted by atomic mass is 32.2. The fourth-order valence-electron chi connectivity index (χ4n) is 2.33. The van der Waals surface area contributed by atoms with Gasteiger partial charge in [0.25, 0.3) is 0 Å². The molecular weight excluding hydrogens is 256 g/mol. The van der Waals surface area contributed by atoms with Gasteiger partial charge in [-0.1, -0.05) is 12.1 Å². The van der Waals surface area contributed by atoms with Gasteiger partial charge in [0.05, 0.1) is 18.3 Å². The summed E-state index contributed by atoms with van der Waals surface area (Å²) in [5.74, 6) is -1.70. The van der Waals surface area contributed by atoms with Crippen LogP contribution in [-0.4, -0.2) is 38.1 Å². The molecule has 1 aliphatic rings. The molecule has 0 aliphatic heterocycles. The predicted molar refractivity (Wildman–Crippen MR) is 65.5 cm³/mol. The average Bonchev–Trinajstić information content (AvgIpc) is 3.04. The highest BCUT2D eigenvalue weighted by Gasteiger charge is 2.61. The summed E-state index contributed by atoms with van der Waals surface area (Å²) >= 11 is 0. The Morgan fingerprint density at radius 3 is 2.17 bits per heavy atom. The maximum atomic E-state index is 11.5. The van der Waals surface area contributed by atoms with Crippen molar-refractivity contribution in [2.24, 2.45) is 5.92 Å². The number of methoxy groups -OCH3 is 1. The van der Waals surface area contributed by atoms with Crippen molar-refractivity contribution in [2.75, 3.05) is 13.4 Å². The first-order valence-electron chi connectivity index (χ1n) is 5.42. The smallest absolute Gasteiger partial charge is 0.308 e. The van der Waals surface area contributed by atoms with E-state index in [9.17, 15) is 13.2 Å². The number of hydrogen-bond acceptors (Lipinski definition) is 4. The summed E-state index contributed by atoms with van der Waals surface area (Å²) in [6, 6.07) is 6.83. The van der Waals surface area contributed by atoms with Crippen molar-refractivity contribution in [2.45, 2.75) is 11.2 Å². The number of carboxylic acid groups (broad SMARTS) is 1. The molecule has 3 atom stereocenters. The number of hydrogen-bond donors (Lipinski definition) is 1. The molecule has 1 N–H and O–H groups in total. The van der Waals surface area contributed by atoms with Crippen LogP contribution in [0.15, 0.2) is 24.3 Å². The Morgan fingerprint density at radius 1 is 1.28 bits per heavy atom. The summed E-state index contributed by atoms with van der Waals surface area (Å²) < 4.78 is 28.1. The second-order valence-electron chi connectivity index (χ2n) is 4.46. The number of benzene rings is 1. The number of rotatable bonds is 4. The fourth-order valence-corrected chi connectivity index (χ4v) is 3.92. The molecular formula is C12H14O5S. The molecule has 18 heavy (non-hydrogen) atoms. The lowest BCUT2D eigenvalue weighted by Gasteiger charge is -2.02. The molecule has 5 nitrogen and oxygen atoms in total. The molecule has 1 aromatic rings. The van der Waals surface area contributed by atoms with E-state index >= 15 is 0 Å². The molecule has 0 heterocycles. The lowest BCUT2D eigenvalue weighted by Crippen LogP contribution is -2.10. The minimum Gasteiger partial charge on any atom is -0.497 e. The molecule has 0 saturated heterocycles. The van der Waals surface area contributed by atoms with E-state index in [2.05, 4.69) is 0 Å². The maximum Gasteiger partial charge on any atom is 0.308 e. The van der Waals surface area contributed by atoms with Gasteiger partial charge in [-0.05, 0) is 17.7 Å². The van der Waals surface area contributed by atoms with Gasteiger partial charge in [0.2, 0.25) is 0 Å². The van der Waals surface area contributed by atoms with E-state index in [0.717, 1.165) is 11.8 Å². The molecule has 0 radical (unpaired) electrons. The third kappa shape index (κ3) is 2.20. The zero-order valence-electron chi connectivity index (χ0n) is 10.0. The Balaban J connectivity index is 2.30. The van der Waals surface area contributed by atoms with E-state index in [1.54, 1.807) is 24.3 Å². The van der Waals surface area contributed by atoms with Crippen LogP contribution in [0.5, 0.6) is 5.75 Å². The van der Waals surface area contributed by atoms with Crippen LogP contribution in [0.2, 0.25) is 0 Å². The first-order valence-corrected chi connectivity index (χ1v) is 7.37. The highest BCUT2D eigenvalue weighted by Crippen LogP contribution is 2.52. The van der Waals surface area contributed by atoms with Crippen LogP contribution in [-0.2, 0) is 14.6 Å². The zero-order chi connectivity index (χ0) is 13.5. The monoisotopic (exact) mass is 270 g/mol. The van der Waals surface area contributed by atoms with Gasteiger partial charge in [0, 0.05) is 12.2 Å². The largest absolute Gasteiger partial charge is 0.497 e. The van der Waals surface area contributed by atoms with Crippen LogP contribution in [0.25, 0.3) is 0 Å². The number of carbonyl (C=O) groups is 1. The van der Waals surface area contributed by atoms with Crippen LogP contribution >= 0.6 is 0 Å². The summed E-state index contributed by atoms with van der Waals surface area (Å²) in [6.07, 6.45) is 1.08. The van der Waals surface area contributed by atoms with Crippen LogP contribution in [0.1, 0.15) is 11.5 Å². The van der Waals surface area contributed by atoms with E-state index in [4.69, 9.17) is 9.84 Å². The SMILES string of the molecule is COc1ccc(C2C(C(=O)O)C2S(C)(=O)=O)cc1. The fraction of sp³-hybridized carbons (Fsp3) is 0.417. The summed E-state index contributed by atoms with van der Waals surface area (Å²) in [6.45, 7) is 0. The molecule has 6 heteroatoms. The topological polar surface area (TPSA) is 80.7 Å². The van der Waals surface area contributed by atoms with Gasteiger partial charge in [-0.2, -0.15) is 0 Å². The van der Waals surface area contributed by atoms with Crippen molar-refractivity contribution in [1.29, 1.82) is 0 Å². The lowest BCUT2D eigenvalue weighted by atomic mass is 10.1. The number of aliphatic carboxylic acids is 1. The normalized spacial score (nSPS) is 26.7. The summed E-state index contributed by atoms with van der Waals surface area (Å²) in [4.78, 5) is 11.0. The predicted octanol–water partition coefficient (Wildman–Crippen LogP) is 0.906. The molecule has 0 amide bonds. The van der Waals surface area contributed by atoms with E-state index in [-0.39, 0.29) is 0 Å². The Hall–Kier alpha value is -1.56. The zero-order valence-corrected chi connectivity index (χ0v) is 10.8. The van der Waals surface area contributed by atoms with Gasteiger partial charge >= 0.3 is 5.97 Å². The van der Waals surface area contributed by atoms with Crippen molar-refractivity contribution >= 4 is 15.8 Å². The van der Waals surface area contributed by atoms with Gasteiger partial charge in [-0.3, -0.25) is 4.79 Å². The summed E-state index contributed by atoms with van der Waals surface area (Å²) in [5, 5.41) is 8.21. The molecule has 1 aliphatic carbocycles. The number of sulfone groups is 1. The van der Waals surface area contributed by atoms with E-state index < -0.39 is 32.9 Å². The molecule has 1 aromatic carbocycles. The third-order valence-corrected chi connectivity index (χ3v) is 4.81. The van der Waals surface area contributed by atoms with Gasteiger partial charge in [0.1, 0.15) is 5.75 Å². The van der Waals surface area contributed by atoms with Gasteiger partial charge in [-0.15, -0.1) is 0 Å². The Kier molecular flexibility index (Phi) is 3.06. The second kappa shape index (κ2) is 4.28. The molecule has 1 saturated carbocycles. The minimum absolute atomic E-state index is 0.455. The quantitative estimate of drug-likeness (QED) is 0.879. The van der Waals surface area contributed by atoms with Gasteiger partial charge < -0.3 is 9.84 Å². The molecule has 98 valence electrons. The first-order chi connectivity index (χ1) is 8.36. The molecule has 1 fully saturated rings. The van der Waals surface area contributed by atoms with Crippen LogP contribution in [0.3, 0.4) is 0 Å². The van der Waals surface area contributed by atoms with Crippen LogP contribution in [0.4, 0.5) is 0 Å². The van der Waals surface area contributed by atoms with Crippen molar-refractivity contribution < 1.29 is 23.1 Å². The average molecular weight is 270 g/mol. The minimum atomic E-state index is -3.35. The first kappa shape index (κ1) is 12.9. The highest BCUT2D eigenvalue weighted by molar-refractivity contribution is 7.91. The van der Waals surface area contributed by atoms with Crippen LogP contribution in [0, 0.1) is 5.92 Å². The van der Waals surface area contributed by atoms with E-state index in [0.29, 0.717) is 5.75 Å². The Labute approximate surface area is 105 Å². The van der Waals surface area contributed by atoms with E-state index in [1.165, 1.54) is 7.11 Å².